The fraction of sp³-hybridized carbons (Fsp3) is 0.423. The summed E-state index contributed by atoms with van der Waals surface area (Å²) in [6.07, 6.45) is -3.44. The molecule has 2 saturated heterocycles. The summed E-state index contributed by atoms with van der Waals surface area (Å²) in [6, 6.07) is 9.00. The second-order valence-electron chi connectivity index (χ2n) is 9.13. The van der Waals surface area contributed by atoms with Crippen LogP contribution in [0.3, 0.4) is 0 Å². The highest BCUT2D eigenvalue weighted by molar-refractivity contribution is 5.96. The van der Waals surface area contributed by atoms with Gasteiger partial charge in [-0.15, -0.1) is 0 Å². The first kappa shape index (κ1) is 27.2. The molecule has 204 valence electrons. The lowest BCUT2D eigenvalue weighted by Gasteiger charge is -2.37. The lowest BCUT2D eigenvalue weighted by atomic mass is 9.88. The maximum atomic E-state index is 13.4. The number of halogens is 3. The van der Waals surface area contributed by atoms with E-state index >= 15 is 0 Å². The highest BCUT2D eigenvalue weighted by Gasteiger charge is 2.43. The third-order valence-corrected chi connectivity index (χ3v) is 6.55. The van der Waals surface area contributed by atoms with E-state index in [1.807, 2.05) is 0 Å². The largest absolute Gasteiger partial charge is 0.497 e. The molecular formula is C26H28F3N3O6. The van der Waals surface area contributed by atoms with Crippen LogP contribution >= 0.6 is 0 Å². The monoisotopic (exact) mass is 535 g/mol. The Morgan fingerprint density at radius 3 is 2.39 bits per heavy atom. The Labute approximate surface area is 217 Å². The number of rotatable bonds is 8. The average Bonchev–Trinajstić information content (AvgIpc) is 3.34. The third-order valence-electron chi connectivity index (χ3n) is 6.55. The number of hydrogen-bond donors (Lipinski definition) is 3. The maximum absolute atomic E-state index is 13.4. The number of hydrogen-bond acceptors (Lipinski definition) is 6. The Morgan fingerprint density at radius 1 is 1.11 bits per heavy atom. The smallest absolute Gasteiger partial charge is 0.420 e. The predicted molar refractivity (Wildman–Crippen MR) is 128 cm³/mol. The van der Waals surface area contributed by atoms with Gasteiger partial charge in [-0.3, -0.25) is 14.4 Å². The molecule has 2 aliphatic rings. The molecule has 2 aliphatic heterocycles. The van der Waals surface area contributed by atoms with Crippen LogP contribution in [0.25, 0.3) is 0 Å². The SMILES string of the molecule is COc1ccc(Oc2ccc(CNC(=O)C3(NC(=O)C4CCC(=O)N4)CCOCC3)cc2)c(C(F)(F)F)c1. The summed E-state index contributed by atoms with van der Waals surface area (Å²) in [5.74, 6) is -1.12. The predicted octanol–water partition coefficient (Wildman–Crippen LogP) is 3.07. The van der Waals surface area contributed by atoms with Gasteiger partial charge >= 0.3 is 6.18 Å². The van der Waals surface area contributed by atoms with E-state index < -0.39 is 29.2 Å². The normalized spacial score (nSPS) is 18.8. The third kappa shape index (κ3) is 6.36. The Kier molecular flexibility index (Phi) is 8.10. The molecule has 0 spiro atoms. The van der Waals surface area contributed by atoms with E-state index in [0.29, 0.717) is 25.2 Å². The van der Waals surface area contributed by atoms with Crippen LogP contribution in [0, 0.1) is 0 Å². The van der Waals surface area contributed by atoms with Crippen molar-refractivity contribution >= 4 is 17.7 Å². The topological polar surface area (TPSA) is 115 Å². The Hall–Kier alpha value is -3.80. The quantitative estimate of drug-likeness (QED) is 0.479. The average molecular weight is 536 g/mol. The van der Waals surface area contributed by atoms with E-state index in [2.05, 4.69) is 16.0 Å². The van der Waals surface area contributed by atoms with Crippen molar-refractivity contribution in [3.63, 3.8) is 0 Å². The number of benzene rings is 2. The Balaban J connectivity index is 1.39. The number of carbonyl (C=O) groups excluding carboxylic acids is 3. The van der Waals surface area contributed by atoms with Crippen LogP contribution in [-0.2, 0) is 31.8 Å². The summed E-state index contributed by atoms with van der Waals surface area (Å²) in [5, 5.41) is 8.25. The van der Waals surface area contributed by atoms with Crippen LogP contribution in [0.15, 0.2) is 42.5 Å². The number of nitrogens with one attached hydrogen (secondary N) is 3. The van der Waals surface area contributed by atoms with Crippen molar-refractivity contribution in [1.82, 2.24) is 16.0 Å². The van der Waals surface area contributed by atoms with Gasteiger partial charge in [0.05, 0.1) is 7.11 Å². The van der Waals surface area contributed by atoms with Crippen molar-refractivity contribution in [1.29, 1.82) is 0 Å². The molecule has 0 radical (unpaired) electrons. The fourth-order valence-electron chi connectivity index (χ4n) is 4.36. The lowest BCUT2D eigenvalue weighted by molar-refractivity contribution is -0.138. The van der Waals surface area contributed by atoms with Crippen molar-refractivity contribution in [2.45, 2.75) is 50.0 Å². The molecule has 2 heterocycles. The van der Waals surface area contributed by atoms with Crippen LogP contribution in [0.4, 0.5) is 13.2 Å². The van der Waals surface area contributed by atoms with Crippen LogP contribution in [0.2, 0.25) is 0 Å². The zero-order chi connectivity index (χ0) is 27.3. The molecule has 4 rings (SSSR count). The maximum Gasteiger partial charge on any atom is 0.420 e. The van der Waals surface area contributed by atoms with Gasteiger partial charge in [0.15, 0.2) is 0 Å². The number of amides is 3. The molecule has 1 atom stereocenters. The van der Waals surface area contributed by atoms with Gasteiger partial charge in [-0.1, -0.05) is 12.1 Å². The molecular weight excluding hydrogens is 507 g/mol. The summed E-state index contributed by atoms with van der Waals surface area (Å²) in [6.45, 7) is 0.707. The zero-order valence-electron chi connectivity index (χ0n) is 20.7. The molecule has 2 aromatic rings. The molecule has 2 fully saturated rings. The highest BCUT2D eigenvalue weighted by Crippen LogP contribution is 2.40. The lowest BCUT2D eigenvalue weighted by Crippen LogP contribution is -2.63. The molecule has 0 saturated carbocycles. The van der Waals surface area contributed by atoms with Crippen molar-refractivity contribution in [2.75, 3.05) is 20.3 Å². The molecule has 3 amide bonds. The van der Waals surface area contributed by atoms with Crippen LogP contribution in [-0.4, -0.2) is 49.6 Å². The van der Waals surface area contributed by atoms with E-state index in [0.717, 1.165) is 6.07 Å². The molecule has 3 N–H and O–H groups in total. The van der Waals surface area contributed by atoms with Gasteiger partial charge in [-0.25, -0.2) is 0 Å². The number of methoxy groups -OCH3 is 1. The first-order valence-electron chi connectivity index (χ1n) is 12.1. The molecule has 0 bridgehead atoms. The summed E-state index contributed by atoms with van der Waals surface area (Å²) in [7, 11) is 1.28. The van der Waals surface area contributed by atoms with Crippen LogP contribution in [0.5, 0.6) is 17.2 Å². The fourth-order valence-corrected chi connectivity index (χ4v) is 4.36. The Bertz CT molecular complexity index is 1180. The second kappa shape index (κ2) is 11.3. The van der Waals surface area contributed by atoms with Crippen molar-refractivity contribution in [3.05, 3.63) is 53.6 Å². The van der Waals surface area contributed by atoms with E-state index in [-0.39, 0.29) is 54.9 Å². The second-order valence-corrected chi connectivity index (χ2v) is 9.13. The van der Waals surface area contributed by atoms with Crippen molar-refractivity contribution in [2.24, 2.45) is 0 Å². The van der Waals surface area contributed by atoms with Crippen LogP contribution in [0.1, 0.15) is 36.8 Å². The minimum atomic E-state index is -4.63. The molecule has 0 aromatic heterocycles. The van der Waals surface area contributed by atoms with Gasteiger partial charge in [0.2, 0.25) is 17.7 Å². The number of ether oxygens (including phenoxy) is 3. The van der Waals surface area contributed by atoms with Gasteiger partial charge in [0.25, 0.3) is 0 Å². The summed E-state index contributed by atoms with van der Waals surface area (Å²) >= 11 is 0. The highest BCUT2D eigenvalue weighted by atomic mass is 19.4. The van der Waals surface area contributed by atoms with Gasteiger partial charge < -0.3 is 30.2 Å². The Morgan fingerprint density at radius 2 is 1.79 bits per heavy atom. The number of alkyl halides is 3. The minimum absolute atomic E-state index is 0.0576. The summed E-state index contributed by atoms with van der Waals surface area (Å²) in [5.41, 5.74) is -1.46. The van der Waals surface area contributed by atoms with E-state index in [9.17, 15) is 27.6 Å². The van der Waals surface area contributed by atoms with Crippen molar-refractivity contribution < 1.29 is 41.8 Å². The number of carbonyl (C=O) groups is 3. The van der Waals surface area contributed by atoms with Gasteiger partial charge in [-0.2, -0.15) is 13.2 Å². The first-order chi connectivity index (χ1) is 18.1. The summed E-state index contributed by atoms with van der Waals surface area (Å²) in [4.78, 5) is 37.4. The zero-order valence-corrected chi connectivity index (χ0v) is 20.7. The van der Waals surface area contributed by atoms with Crippen molar-refractivity contribution in [3.8, 4) is 17.2 Å². The van der Waals surface area contributed by atoms with E-state index in [4.69, 9.17) is 14.2 Å². The van der Waals surface area contributed by atoms with Gasteiger partial charge in [0.1, 0.15) is 34.4 Å². The van der Waals surface area contributed by atoms with E-state index in [1.54, 1.807) is 12.1 Å². The molecule has 1 unspecified atom stereocenters. The summed E-state index contributed by atoms with van der Waals surface area (Å²) < 4.78 is 56.1. The van der Waals surface area contributed by atoms with Gasteiger partial charge in [-0.05, 0) is 42.3 Å². The van der Waals surface area contributed by atoms with Gasteiger partial charge in [0, 0.05) is 39.0 Å². The first-order valence-corrected chi connectivity index (χ1v) is 12.1. The molecule has 38 heavy (non-hydrogen) atoms. The molecule has 0 aliphatic carbocycles. The minimum Gasteiger partial charge on any atom is -0.497 e. The molecule has 9 nitrogen and oxygen atoms in total. The molecule has 2 aromatic carbocycles. The molecule has 12 heteroatoms. The van der Waals surface area contributed by atoms with E-state index in [1.165, 1.54) is 31.4 Å². The standard InChI is InChI=1S/C26H28F3N3O6/c1-36-18-6-8-21(19(14-18)26(27,28)29)38-17-4-2-16(3-5-17)15-30-24(35)25(10-12-37-13-11-25)32-23(34)20-7-9-22(33)31-20/h2-6,8,14,20H,7,9-13,15H2,1H3,(H,30,35)(H,31,33)(H,32,34). The van der Waals surface area contributed by atoms with Crippen LogP contribution < -0.4 is 25.4 Å².